The molecule has 3 unspecified atom stereocenters. The van der Waals surface area contributed by atoms with E-state index in [2.05, 4.69) is 23.7 Å². The third kappa shape index (κ3) is 1.96. The first kappa shape index (κ1) is 12.1. The Balaban J connectivity index is 1.88. The molecule has 0 aliphatic carbocycles. The Labute approximate surface area is 111 Å². The van der Waals surface area contributed by atoms with Gasteiger partial charge >= 0.3 is 0 Å². The van der Waals surface area contributed by atoms with Gasteiger partial charge in [0.15, 0.2) is 0 Å². The summed E-state index contributed by atoms with van der Waals surface area (Å²) < 4.78 is 5.43. The number of amides is 1. The van der Waals surface area contributed by atoms with E-state index in [0.29, 0.717) is 6.61 Å². The smallest absolute Gasteiger partial charge is 0.241 e. The van der Waals surface area contributed by atoms with E-state index >= 15 is 0 Å². The fraction of sp³-hybridized carbons (Fsp3) is 0.615. The maximum atomic E-state index is 12.4. The lowest BCUT2D eigenvalue weighted by molar-refractivity contribution is -0.132. The molecular formula is C13H18N2O2S. The Morgan fingerprint density at radius 2 is 2.50 bits per heavy atom. The van der Waals surface area contributed by atoms with Crippen LogP contribution >= 0.6 is 11.3 Å². The van der Waals surface area contributed by atoms with Gasteiger partial charge in [-0.2, -0.15) is 0 Å². The fourth-order valence-corrected chi connectivity index (χ4v) is 3.52. The third-order valence-electron chi connectivity index (χ3n) is 3.71. The maximum Gasteiger partial charge on any atom is 0.241 e. The van der Waals surface area contributed by atoms with Crippen LogP contribution < -0.4 is 5.32 Å². The van der Waals surface area contributed by atoms with Crippen molar-refractivity contribution in [3.05, 3.63) is 22.4 Å². The van der Waals surface area contributed by atoms with E-state index in [0.717, 1.165) is 19.4 Å². The van der Waals surface area contributed by atoms with Crippen molar-refractivity contribution in [2.45, 2.75) is 38.0 Å². The SMILES string of the molecule is CCC1NC(c2cccs2)N(C2CCOC2)C1=O. The molecule has 1 aromatic rings. The van der Waals surface area contributed by atoms with Crippen molar-refractivity contribution in [3.8, 4) is 0 Å². The van der Waals surface area contributed by atoms with Gasteiger partial charge in [-0.1, -0.05) is 13.0 Å². The number of hydrogen-bond donors (Lipinski definition) is 1. The zero-order valence-corrected chi connectivity index (χ0v) is 11.3. The number of carbonyl (C=O) groups is 1. The number of nitrogens with zero attached hydrogens (tertiary/aromatic N) is 1. The summed E-state index contributed by atoms with van der Waals surface area (Å²) in [5.41, 5.74) is 0. The van der Waals surface area contributed by atoms with Crippen molar-refractivity contribution < 1.29 is 9.53 Å². The van der Waals surface area contributed by atoms with Gasteiger partial charge in [0.2, 0.25) is 5.91 Å². The molecule has 3 atom stereocenters. The van der Waals surface area contributed by atoms with E-state index in [9.17, 15) is 4.79 Å². The van der Waals surface area contributed by atoms with Gasteiger partial charge in [0.25, 0.3) is 0 Å². The van der Waals surface area contributed by atoms with Crippen molar-refractivity contribution in [1.29, 1.82) is 0 Å². The molecule has 3 heterocycles. The average Bonchev–Trinajstić information content (AvgIpc) is 3.08. The molecule has 4 nitrogen and oxygen atoms in total. The first-order chi connectivity index (χ1) is 8.81. The molecule has 98 valence electrons. The van der Waals surface area contributed by atoms with Gasteiger partial charge in [-0.05, 0) is 24.3 Å². The summed E-state index contributed by atoms with van der Waals surface area (Å²) in [6, 6.07) is 4.32. The summed E-state index contributed by atoms with van der Waals surface area (Å²) in [5.74, 6) is 0.228. The van der Waals surface area contributed by atoms with Crippen LogP contribution in [0.4, 0.5) is 0 Å². The molecular weight excluding hydrogens is 248 g/mol. The minimum absolute atomic E-state index is 0.0362. The van der Waals surface area contributed by atoms with Gasteiger partial charge < -0.3 is 9.64 Å². The van der Waals surface area contributed by atoms with Gasteiger partial charge in [0, 0.05) is 11.5 Å². The Morgan fingerprint density at radius 3 is 3.11 bits per heavy atom. The minimum atomic E-state index is -0.0438. The second kappa shape index (κ2) is 4.99. The van der Waals surface area contributed by atoms with Gasteiger partial charge in [0.1, 0.15) is 6.17 Å². The highest BCUT2D eigenvalue weighted by atomic mass is 32.1. The first-order valence-corrected chi connectivity index (χ1v) is 7.38. The van der Waals surface area contributed by atoms with Crippen LogP contribution in [0.1, 0.15) is 30.8 Å². The Bertz CT molecular complexity index is 415. The molecule has 18 heavy (non-hydrogen) atoms. The van der Waals surface area contributed by atoms with Crippen molar-refractivity contribution in [2.24, 2.45) is 0 Å². The number of thiophene rings is 1. The number of carbonyl (C=O) groups excluding carboxylic acids is 1. The highest BCUT2D eigenvalue weighted by Crippen LogP contribution is 2.33. The quantitative estimate of drug-likeness (QED) is 0.906. The molecule has 1 amide bonds. The number of ether oxygens (including phenoxy) is 1. The summed E-state index contributed by atoms with van der Waals surface area (Å²) in [6.07, 6.45) is 1.82. The predicted octanol–water partition coefficient (Wildman–Crippen LogP) is 1.75. The Kier molecular flexibility index (Phi) is 3.37. The number of rotatable bonds is 3. The minimum Gasteiger partial charge on any atom is -0.379 e. The zero-order chi connectivity index (χ0) is 12.5. The van der Waals surface area contributed by atoms with E-state index in [1.807, 2.05) is 11.0 Å². The Hall–Kier alpha value is -0.910. The van der Waals surface area contributed by atoms with E-state index in [1.165, 1.54) is 4.88 Å². The van der Waals surface area contributed by atoms with Gasteiger partial charge in [-0.25, -0.2) is 0 Å². The number of hydrogen-bond acceptors (Lipinski definition) is 4. The van der Waals surface area contributed by atoms with Gasteiger partial charge in [-0.3, -0.25) is 10.1 Å². The second-order valence-corrected chi connectivity index (χ2v) is 5.79. The van der Waals surface area contributed by atoms with Gasteiger partial charge in [0.05, 0.1) is 18.7 Å². The molecule has 5 heteroatoms. The summed E-state index contributed by atoms with van der Waals surface area (Å²) >= 11 is 1.70. The van der Waals surface area contributed by atoms with Gasteiger partial charge in [-0.15, -0.1) is 11.3 Å². The largest absolute Gasteiger partial charge is 0.379 e. The molecule has 3 rings (SSSR count). The highest BCUT2D eigenvalue weighted by molar-refractivity contribution is 7.10. The van der Waals surface area contributed by atoms with Crippen LogP contribution in [0.15, 0.2) is 17.5 Å². The normalized spacial score (nSPS) is 32.4. The monoisotopic (exact) mass is 266 g/mol. The fourth-order valence-electron chi connectivity index (χ4n) is 2.74. The van der Waals surface area contributed by atoms with E-state index in [-0.39, 0.29) is 24.2 Å². The van der Waals surface area contributed by atoms with Crippen LogP contribution in [0.3, 0.4) is 0 Å². The summed E-state index contributed by atoms with van der Waals surface area (Å²) in [7, 11) is 0. The lowest BCUT2D eigenvalue weighted by Gasteiger charge is -2.28. The van der Waals surface area contributed by atoms with Crippen molar-refractivity contribution in [2.75, 3.05) is 13.2 Å². The molecule has 0 saturated carbocycles. The van der Waals surface area contributed by atoms with E-state index in [4.69, 9.17) is 4.74 Å². The molecule has 0 spiro atoms. The lowest BCUT2D eigenvalue weighted by atomic mass is 10.2. The molecule has 2 saturated heterocycles. The van der Waals surface area contributed by atoms with Crippen LogP contribution in [0.5, 0.6) is 0 Å². The first-order valence-electron chi connectivity index (χ1n) is 6.50. The summed E-state index contributed by atoms with van der Waals surface area (Å²) in [4.78, 5) is 15.7. The van der Waals surface area contributed by atoms with Crippen molar-refractivity contribution in [1.82, 2.24) is 10.2 Å². The zero-order valence-electron chi connectivity index (χ0n) is 10.5. The highest BCUT2D eigenvalue weighted by Gasteiger charge is 2.43. The molecule has 1 aromatic heterocycles. The van der Waals surface area contributed by atoms with Crippen LogP contribution in [-0.4, -0.2) is 36.1 Å². The standard InChI is InChI=1S/C13H18N2O2S/c1-2-10-13(16)15(9-5-6-17-8-9)12(14-10)11-4-3-7-18-11/h3-4,7,9-10,12,14H,2,5-6,8H2,1H3. The lowest BCUT2D eigenvalue weighted by Crippen LogP contribution is -2.40. The molecule has 2 fully saturated rings. The predicted molar refractivity (Wildman–Crippen MR) is 70.3 cm³/mol. The molecule has 0 radical (unpaired) electrons. The topological polar surface area (TPSA) is 41.6 Å². The van der Waals surface area contributed by atoms with Crippen LogP contribution in [0.2, 0.25) is 0 Å². The molecule has 0 aromatic carbocycles. The summed E-state index contributed by atoms with van der Waals surface area (Å²) in [5, 5.41) is 5.51. The number of nitrogens with one attached hydrogen (secondary N) is 1. The maximum absolute atomic E-state index is 12.4. The third-order valence-corrected chi connectivity index (χ3v) is 4.63. The van der Waals surface area contributed by atoms with E-state index in [1.54, 1.807) is 11.3 Å². The van der Waals surface area contributed by atoms with Crippen molar-refractivity contribution in [3.63, 3.8) is 0 Å². The molecule has 2 aliphatic rings. The summed E-state index contributed by atoms with van der Waals surface area (Å²) in [6.45, 7) is 3.49. The van der Waals surface area contributed by atoms with Crippen LogP contribution in [0.25, 0.3) is 0 Å². The second-order valence-electron chi connectivity index (χ2n) is 4.81. The Morgan fingerprint density at radius 1 is 1.61 bits per heavy atom. The molecule has 0 bridgehead atoms. The average molecular weight is 266 g/mol. The van der Waals surface area contributed by atoms with Crippen LogP contribution in [0, 0.1) is 0 Å². The van der Waals surface area contributed by atoms with E-state index < -0.39 is 0 Å². The molecule has 1 N–H and O–H groups in total. The van der Waals surface area contributed by atoms with Crippen LogP contribution in [-0.2, 0) is 9.53 Å². The van der Waals surface area contributed by atoms with Crippen molar-refractivity contribution >= 4 is 17.2 Å². The molecule has 2 aliphatic heterocycles.